The van der Waals surface area contributed by atoms with Crippen LogP contribution in [-0.4, -0.2) is 11.9 Å². The summed E-state index contributed by atoms with van der Waals surface area (Å²) in [6.07, 6.45) is 0. The molecule has 0 saturated heterocycles. The smallest absolute Gasteiger partial charge is 0.338 e. The van der Waals surface area contributed by atoms with Gasteiger partial charge in [-0.15, -0.1) is 0 Å². The molecule has 126 valence electrons. The zero-order valence-electron chi connectivity index (χ0n) is 14.0. The molecule has 0 unspecified atom stereocenters. The summed E-state index contributed by atoms with van der Waals surface area (Å²) in [5.41, 5.74) is 2.40. The number of esters is 1. The maximum absolute atomic E-state index is 12.2. The zero-order chi connectivity index (χ0) is 17.6. The fourth-order valence-electron chi connectivity index (χ4n) is 2.63. The van der Waals surface area contributed by atoms with Crippen LogP contribution in [0.4, 0.5) is 0 Å². The molecule has 0 aliphatic heterocycles. The second-order valence-corrected chi connectivity index (χ2v) is 5.82. The second-order valence-electron chi connectivity index (χ2n) is 5.82. The molecule has 3 aromatic carbocycles. The molecule has 0 fully saturated rings. The molecule has 0 heterocycles. The van der Waals surface area contributed by atoms with Crippen LogP contribution in [0.5, 0.6) is 0 Å². The van der Waals surface area contributed by atoms with Crippen molar-refractivity contribution in [2.24, 2.45) is 0 Å². The normalized spacial score (nSPS) is 10.4. The van der Waals surface area contributed by atoms with Crippen LogP contribution in [0.25, 0.3) is 10.8 Å². The van der Waals surface area contributed by atoms with E-state index in [2.05, 4.69) is 5.32 Å². The summed E-state index contributed by atoms with van der Waals surface area (Å²) in [6, 6.07) is 21.0. The molecular formula is C21H19NO3. The summed E-state index contributed by atoms with van der Waals surface area (Å²) < 4.78 is 5.45. The molecule has 3 rings (SSSR count). The first-order valence-electron chi connectivity index (χ1n) is 8.10. The van der Waals surface area contributed by atoms with Crippen LogP contribution in [0.3, 0.4) is 0 Å². The Bertz CT molecular complexity index is 895. The van der Waals surface area contributed by atoms with Crippen molar-refractivity contribution in [2.75, 3.05) is 0 Å². The lowest BCUT2D eigenvalue weighted by atomic mass is 10.1. The van der Waals surface area contributed by atoms with Gasteiger partial charge in [0.2, 0.25) is 5.91 Å². The summed E-state index contributed by atoms with van der Waals surface area (Å²) in [6.45, 7) is 2.15. The molecule has 0 bridgehead atoms. The lowest BCUT2D eigenvalue weighted by molar-refractivity contribution is -0.119. The van der Waals surface area contributed by atoms with Crippen LogP contribution in [-0.2, 0) is 22.7 Å². The average Bonchev–Trinajstić information content (AvgIpc) is 2.64. The molecule has 4 nitrogen and oxygen atoms in total. The van der Waals surface area contributed by atoms with Gasteiger partial charge in [0.05, 0.1) is 5.56 Å². The summed E-state index contributed by atoms with van der Waals surface area (Å²) in [7, 11) is 0. The Balaban J connectivity index is 1.65. The number of ether oxygens (including phenoxy) is 1. The highest BCUT2D eigenvalue weighted by Gasteiger charge is 2.09. The Morgan fingerprint density at radius 2 is 1.64 bits per heavy atom. The third-order valence-electron chi connectivity index (χ3n) is 3.97. The van der Waals surface area contributed by atoms with Crippen LogP contribution in [0.2, 0.25) is 0 Å². The zero-order valence-corrected chi connectivity index (χ0v) is 14.0. The van der Waals surface area contributed by atoms with E-state index in [1.54, 1.807) is 12.1 Å². The van der Waals surface area contributed by atoms with E-state index in [1.165, 1.54) is 6.92 Å². The maximum Gasteiger partial charge on any atom is 0.338 e. The van der Waals surface area contributed by atoms with E-state index in [1.807, 2.05) is 54.6 Å². The molecule has 4 heteroatoms. The van der Waals surface area contributed by atoms with E-state index in [9.17, 15) is 9.59 Å². The molecule has 3 aromatic rings. The SMILES string of the molecule is CC(=O)NCc1ccc(C(=O)OCc2cccc3ccccc23)cc1. The molecule has 1 amide bonds. The third-order valence-corrected chi connectivity index (χ3v) is 3.97. The van der Waals surface area contributed by atoms with Gasteiger partial charge < -0.3 is 10.1 Å². The topological polar surface area (TPSA) is 55.4 Å². The summed E-state index contributed by atoms with van der Waals surface area (Å²) >= 11 is 0. The van der Waals surface area contributed by atoms with Gasteiger partial charge in [-0.05, 0) is 34.0 Å². The summed E-state index contributed by atoms with van der Waals surface area (Å²) in [4.78, 5) is 23.2. The fraction of sp³-hybridized carbons (Fsp3) is 0.143. The van der Waals surface area contributed by atoms with E-state index in [4.69, 9.17) is 4.74 Å². The largest absolute Gasteiger partial charge is 0.457 e. The van der Waals surface area contributed by atoms with Gasteiger partial charge in [-0.25, -0.2) is 4.79 Å². The van der Waals surface area contributed by atoms with Crippen molar-refractivity contribution in [3.8, 4) is 0 Å². The average molecular weight is 333 g/mol. The van der Waals surface area contributed by atoms with Crippen LogP contribution < -0.4 is 5.32 Å². The second kappa shape index (κ2) is 7.62. The van der Waals surface area contributed by atoms with E-state index >= 15 is 0 Å². The van der Waals surface area contributed by atoms with Crippen LogP contribution in [0, 0.1) is 0 Å². The highest BCUT2D eigenvalue weighted by molar-refractivity contribution is 5.90. The van der Waals surface area contributed by atoms with Gasteiger partial charge in [-0.1, -0.05) is 54.6 Å². The number of amides is 1. The molecule has 0 radical (unpaired) electrons. The first kappa shape index (κ1) is 16.7. The van der Waals surface area contributed by atoms with Crippen LogP contribution >= 0.6 is 0 Å². The Labute approximate surface area is 146 Å². The number of benzene rings is 3. The minimum atomic E-state index is -0.362. The Hall–Kier alpha value is -3.14. The number of rotatable bonds is 5. The van der Waals surface area contributed by atoms with Gasteiger partial charge in [-0.2, -0.15) is 0 Å². The van der Waals surface area contributed by atoms with Gasteiger partial charge in [0.25, 0.3) is 0 Å². The van der Waals surface area contributed by atoms with Crippen molar-refractivity contribution in [2.45, 2.75) is 20.1 Å². The van der Waals surface area contributed by atoms with Crippen LogP contribution in [0.1, 0.15) is 28.4 Å². The van der Waals surface area contributed by atoms with Gasteiger partial charge in [0.1, 0.15) is 6.61 Å². The van der Waals surface area contributed by atoms with Gasteiger partial charge in [-0.3, -0.25) is 4.79 Å². The van der Waals surface area contributed by atoms with Gasteiger partial charge >= 0.3 is 5.97 Å². The van der Waals surface area contributed by atoms with Gasteiger partial charge in [0, 0.05) is 13.5 Å². The minimum absolute atomic E-state index is 0.0847. The van der Waals surface area contributed by atoms with E-state index in [0.29, 0.717) is 12.1 Å². The first-order chi connectivity index (χ1) is 12.1. The molecule has 0 spiro atoms. The van der Waals surface area contributed by atoms with Crippen molar-refractivity contribution in [3.05, 3.63) is 83.4 Å². The molecule has 0 aliphatic rings. The highest BCUT2D eigenvalue weighted by Crippen LogP contribution is 2.19. The number of carbonyl (C=O) groups is 2. The molecule has 0 aliphatic carbocycles. The van der Waals surface area contributed by atoms with Crippen molar-refractivity contribution < 1.29 is 14.3 Å². The Morgan fingerprint density at radius 1 is 0.920 bits per heavy atom. The number of hydrogen-bond acceptors (Lipinski definition) is 3. The molecular weight excluding hydrogens is 314 g/mol. The van der Waals surface area contributed by atoms with Crippen LogP contribution in [0.15, 0.2) is 66.7 Å². The number of hydrogen-bond donors (Lipinski definition) is 1. The summed E-state index contributed by atoms with van der Waals surface area (Å²) in [5, 5.41) is 4.93. The van der Waals surface area contributed by atoms with Crippen molar-refractivity contribution in [1.29, 1.82) is 0 Å². The summed E-state index contributed by atoms with van der Waals surface area (Å²) in [5.74, 6) is -0.447. The maximum atomic E-state index is 12.2. The first-order valence-corrected chi connectivity index (χ1v) is 8.10. The number of fused-ring (bicyclic) bond motifs is 1. The number of carbonyl (C=O) groups excluding carboxylic acids is 2. The number of nitrogens with one attached hydrogen (secondary N) is 1. The quantitative estimate of drug-likeness (QED) is 0.722. The molecule has 0 atom stereocenters. The van der Waals surface area contributed by atoms with Crippen molar-refractivity contribution in [1.82, 2.24) is 5.32 Å². The lowest BCUT2D eigenvalue weighted by Gasteiger charge is -2.09. The highest BCUT2D eigenvalue weighted by atomic mass is 16.5. The Morgan fingerprint density at radius 3 is 2.40 bits per heavy atom. The van der Waals surface area contributed by atoms with E-state index < -0.39 is 0 Å². The molecule has 1 N–H and O–H groups in total. The predicted octanol–water partition coefficient (Wildman–Crippen LogP) is 3.83. The van der Waals surface area contributed by atoms with E-state index in [0.717, 1.165) is 21.9 Å². The molecule has 0 saturated carbocycles. The monoisotopic (exact) mass is 333 g/mol. The van der Waals surface area contributed by atoms with Crippen molar-refractivity contribution in [3.63, 3.8) is 0 Å². The fourth-order valence-corrected chi connectivity index (χ4v) is 2.63. The van der Waals surface area contributed by atoms with E-state index in [-0.39, 0.29) is 18.5 Å². The predicted molar refractivity (Wildman–Crippen MR) is 97.0 cm³/mol. The minimum Gasteiger partial charge on any atom is -0.457 e. The lowest BCUT2D eigenvalue weighted by Crippen LogP contribution is -2.18. The third kappa shape index (κ3) is 4.23. The molecule has 0 aromatic heterocycles. The standard InChI is InChI=1S/C21H19NO3/c1-15(23)22-13-16-9-11-18(12-10-16)21(24)25-14-19-7-4-6-17-5-2-3-8-20(17)19/h2-12H,13-14H2,1H3,(H,22,23). The van der Waals surface area contributed by atoms with Crippen molar-refractivity contribution >= 4 is 22.6 Å². The van der Waals surface area contributed by atoms with Gasteiger partial charge in [0.15, 0.2) is 0 Å². The molecule has 25 heavy (non-hydrogen) atoms. The Kier molecular flexibility index (Phi) is 5.09.